The van der Waals surface area contributed by atoms with E-state index in [1.165, 1.54) is 0 Å². The highest BCUT2D eigenvalue weighted by Gasteiger charge is 1.97. The highest BCUT2D eigenvalue weighted by Crippen LogP contribution is 2.19. The van der Waals surface area contributed by atoms with Crippen LogP contribution in [0, 0.1) is 6.92 Å². The molecule has 0 saturated carbocycles. The first-order valence-corrected chi connectivity index (χ1v) is 4.30. The van der Waals surface area contributed by atoms with Gasteiger partial charge in [-0.3, -0.25) is 0 Å². The average Bonchev–Trinajstić information content (AvgIpc) is 2.12. The number of carbonyl (C=O) groups excluding carboxylic acids is 1. The summed E-state index contributed by atoms with van der Waals surface area (Å²) in [7, 11) is 0. The number of nitrogens with zero attached hydrogens (tertiary/aromatic N) is 1. The Morgan fingerprint density at radius 3 is 3.00 bits per heavy atom. The molecule has 0 heterocycles. The molecule has 3 heteroatoms. The summed E-state index contributed by atoms with van der Waals surface area (Å²) in [6.45, 7) is 1.94. The molecule has 0 saturated heterocycles. The minimum absolute atomic E-state index is 0.417. The van der Waals surface area contributed by atoms with Gasteiger partial charge in [0.15, 0.2) is 0 Å². The molecule has 0 unspecified atom stereocenters. The van der Waals surface area contributed by atoms with Crippen molar-refractivity contribution < 1.29 is 4.79 Å². The monoisotopic (exact) mass is 191 g/mol. The van der Waals surface area contributed by atoms with Crippen LogP contribution >= 0.6 is 12.2 Å². The Morgan fingerprint density at radius 2 is 2.38 bits per heavy atom. The van der Waals surface area contributed by atoms with Crippen molar-refractivity contribution in [1.29, 1.82) is 0 Å². The fourth-order valence-electron chi connectivity index (χ4n) is 1.05. The van der Waals surface area contributed by atoms with Gasteiger partial charge in [-0.15, -0.1) is 0 Å². The Hall–Kier alpha value is -1.31. The molecule has 0 aliphatic heterocycles. The third kappa shape index (κ3) is 2.58. The highest BCUT2D eigenvalue weighted by molar-refractivity contribution is 7.78. The molecule has 0 amide bonds. The molecule has 13 heavy (non-hydrogen) atoms. The topological polar surface area (TPSA) is 29.4 Å². The predicted molar refractivity (Wildman–Crippen MR) is 55.6 cm³/mol. The van der Waals surface area contributed by atoms with Crippen LogP contribution in [0.15, 0.2) is 23.2 Å². The summed E-state index contributed by atoms with van der Waals surface area (Å²) in [6, 6.07) is 5.68. The molecule has 0 bridgehead atoms. The zero-order valence-electron chi connectivity index (χ0n) is 7.28. The van der Waals surface area contributed by atoms with E-state index >= 15 is 0 Å². The van der Waals surface area contributed by atoms with Crippen LogP contribution in [0.2, 0.25) is 0 Å². The van der Waals surface area contributed by atoms with Gasteiger partial charge in [-0.1, -0.05) is 12.1 Å². The molecule has 0 N–H and O–H groups in total. The zero-order valence-corrected chi connectivity index (χ0v) is 8.10. The van der Waals surface area contributed by atoms with Crippen LogP contribution in [0.25, 0.3) is 0 Å². The number of thiocarbonyl (C=S) groups is 1. The van der Waals surface area contributed by atoms with Crippen molar-refractivity contribution in [1.82, 2.24) is 0 Å². The quantitative estimate of drug-likeness (QED) is 0.417. The van der Waals surface area contributed by atoms with Gasteiger partial charge in [0, 0.05) is 6.42 Å². The first kappa shape index (κ1) is 9.78. The lowest BCUT2D eigenvalue weighted by atomic mass is 10.1. The van der Waals surface area contributed by atoms with Crippen LogP contribution in [0.4, 0.5) is 5.69 Å². The van der Waals surface area contributed by atoms with Crippen molar-refractivity contribution in [2.24, 2.45) is 4.99 Å². The van der Waals surface area contributed by atoms with E-state index < -0.39 is 0 Å². The molecule has 0 aliphatic rings. The maximum Gasteiger partial charge on any atom is 0.124 e. The van der Waals surface area contributed by atoms with Crippen molar-refractivity contribution in [2.75, 3.05) is 0 Å². The van der Waals surface area contributed by atoms with Crippen LogP contribution in [0.3, 0.4) is 0 Å². The van der Waals surface area contributed by atoms with Crippen molar-refractivity contribution >= 4 is 29.4 Å². The van der Waals surface area contributed by atoms with Crippen LogP contribution in [0.1, 0.15) is 11.1 Å². The molecule has 1 aromatic rings. The first-order valence-electron chi connectivity index (χ1n) is 3.89. The van der Waals surface area contributed by atoms with E-state index in [2.05, 4.69) is 22.4 Å². The average molecular weight is 191 g/mol. The zero-order chi connectivity index (χ0) is 9.68. The van der Waals surface area contributed by atoms with Crippen LogP contribution in [0.5, 0.6) is 0 Å². The number of carbonyl (C=O) groups is 1. The Labute approximate surface area is 82.3 Å². The third-order valence-electron chi connectivity index (χ3n) is 1.76. The Morgan fingerprint density at radius 1 is 1.62 bits per heavy atom. The van der Waals surface area contributed by atoms with Gasteiger partial charge in [-0.2, -0.15) is 4.99 Å². The van der Waals surface area contributed by atoms with Crippen molar-refractivity contribution in [3.8, 4) is 0 Å². The smallest absolute Gasteiger partial charge is 0.124 e. The number of aliphatic imine (C=N–C) groups is 1. The third-order valence-corrected chi connectivity index (χ3v) is 1.85. The minimum atomic E-state index is 0.417. The summed E-state index contributed by atoms with van der Waals surface area (Å²) >= 11 is 4.52. The number of isothiocyanates is 1. The van der Waals surface area contributed by atoms with Gasteiger partial charge >= 0.3 is 0 Å². The standard InChI is InChI=1S/C10H9NOS/c1-8-2-3-9(4-5-12)6-10(8)11-7-13/h2-3,5-6H,4H2,1H3. The normalized spacial score (nSPS) is 9.00. The van der Waals surface area contributed by atoms with E-state index in [0.717, 1.165) is 23.1 Å². The fraction of sp³-hybridized carbons (Fsp3) is 0.200. The summed E-state index contributed by atoms with van der Waals surface area (Å²) in [5, 5.41) is 2.31. The summed E-state index contributed by atoms with van der Waals surface area (Å²) in [5.74, 6) is 0. The molecule has 0 atom stereocenters. The van der Waals surface area contributed by atoms with E-state index in [1.54, 1.807) is 0 Å². The molecule has 1 rings (SSSR count). The largest absolute Gasteiger partial charge is 0.303 e. The summed E-state index contributed by atoms with van der Waals surface area (Å²) in [5.41, 5.74) is 2.77. The van der Waals surface area contributed by atoms with Gasteiger partial charge in [0.05, 0.1) is 10.8 Å². The SMILES string of the molecule is Cc1ccc(CC=O)cc1N=C=S. The maximum absolute atomic E-state index is 10.3. The van der Waals surface area contributed by atoms with Crippen LogP contribution < -0.4 is 0 Å². The van der Waals surface area contributed by atoms with Gasteiger partial charge in [0.1, 0.15) is 6.29 Å². The van der Waals surface area contributed by atoms with Crippen molar-refractivity contribution in [2.45, 2.75) is 13.3 Å². The first-order chi connectivity index (χ1) is 6.27. The van der Waals surface area contributed by atoms with Gasteiger partial charge in [0.25, 0.3) is 0 Å². The molecule has 66 valence electrons. The number of hydrogen-bond acceptors (Lipinski definition) is 3. The maximum atomic E-state index is 10.3. The van der Waals surface area contributed by atoms with E-state index in [1.807, 2.05) is 25.1 Å². The van der Waals surface area contributed by atoms with Gasteiger partial charge in [-0.05, 0) is 36.3 Å². The Balaban J connectivity index is 3.10. The van der Waals surface area contributed by atoms with Crippen molar-refractivity contribution in [3.05, 3.63) is 29.3 Å². The molecule has 1 aromatic carbocycles. The Bertz CT molecular complexity index is 367. The number of rotatable bonds is 3. The molecule has 0 spiro atoms. The highest BCUT2D eigenvalue weighted by atomic mass is 32.1. The summed E-state index contributed by atoms with van der Waals surface area (Å²) < 4.78 is 0. The second-order valence-electron chi connectivity index (χ2n) is 2.69. The molecular formula is C10H9NOS. The lowest BCUT2D eigenvalue weighted by Gasteiger charge is -2.00. The number of hydrogen-bond donors (Lipinski definition) is 0. The minimum Gasteiger partial charge on any atom is -0.303 e. The summed E-state index contributed by atoms with van der Waals surface area (Å²) in [6.07, 6.45) is 1.29. The molecule has 2 nitrogen and oxygen atoms in total. The fourth-order valence-corrected chi connectivity index (χ4v) is 1.15. The summed E-state index contributed by atoms with van der Waals surface area (Å²) in [4.78, 5) is 14.2. The number of aryl methyl sites for hydroxylation is 1. The predicted octanol–water partition coefficient (Wildman–Crippen LogP) is 2.47. The molecule has 0 radical (unpaired) electrons. The van der Waals surface area contributed by atoms with E-state index in [4.69, 9.17) is 0 Å². The Kier molecular flexibility index (Phi) is 3.50. The van der Waals surface area contributed by atoms with E-state index in [9.17, 15) is 4.79 Å². The van der Waals surface area contributed by atoms with Crippen LogP contribution in [-0.4, -0.2) is 11.4 Å². The molecule has 0 aromatic heterocycles. The number of aldehydes is 1. The van der Waals surface area contributed by atoms with Crippen molar-refractivity contribution in [3.63, 3.8) is 0 Å². The van der Waals surface area contributed by atoms with Gasteiger partial charge in [-0.25, -0.2) is 0 Å². The van der Waals surface area contributed by atoms with Crippen LogP contribution in [-0.2, 0) is 11.2 Å². The second-order valence-corrected chi connectivity index (χ2v) is 2.88. The second kappa shape index (κ2) is 4.65. The van der Waals surface area contributed by atoms with Gasteiger partial charge in [0.2, 0.25) is 0 Å². The number of benzene rings is 1. The molecular weight excluding hydrogens is 182 g/mol. The molecule has 0 fully saturated rings. The lowest BCUT2D eigenvalue weighted by Crippen LogP contribution is -1.85. The van der Waals surface area contributed by atoms with E-state index in [-0.39, 0.29) is 0 Å². The lowest BCUT2D eigenvalue weighted by molar-refractivity contribution is -0.107. The molecule has 0 aliphatic carbocycles. The van der Waals surface area contributed by atoms with Gasteiger partial charge < -0.3 is 4.79 Å². The van der Waals surface area contributed by atoms with E-state index in [0.29, 0.717) is 6.42 Å².